The maximum Gasteiger partial charge on any atom is 0.196 e. The molecule has 2 aromatic heterocycles. The average molecular weight is 285 g/mol. The van der Waals surface area contributed by atoms with Gasteiger partial charge in [0.1, 0.15) is 11.3 Å². The summed E-state index contributed by atoms with van der Waals surface area (Å²) in [5.41, 5.74) is 7.06. The van der Waals surface area contributed by atoms with Crippen LogP contribution in [0.2, 0.25) is 0 Å². The average Bonchev–Trinajstić information content (AvgIpc) is 3.09. The first-order valence-electron chi connectivity index (χ1n) is 6.50. The van der Waals surface area contributed by atoms with Gasteiger partial charge in [-0.25, -0.2) is 4.98 Å². The highest BCUT2D eigenvalue weighted by molar-refractivity contribution is 7.99. The van der Waals surface area contributed by atoms with Crippen LogP contribution in [-0.4, -0.2) is 18.1 Å². The smallest absolute Gasteiger partial charge is 0.196 e. The van der Waals surface area contributed by atoms with Gasteiger partial charge in [0.05, 0.1) is 16.1 Å². The second-order valence-electron chi connectivity index (χ2n) is 4.67. The Morgan fingerprint density at radius 2 is 2.15 bits per heavy atom. The van der Waals surface area contributed by atoms with Gasteiger partial charge >= 0.3 is 0 Å². The van der Waals surface area contributed by atoms with Crippen LogP contribution < -0.4 is 10.6 Å². The topological polar surface area (TPSA) is 55.3 Å². The van der Waals surface area contributed by atoms with Gasteiger partial charge in [0, 0.05) is 25.4 Å². The van der Waals surface area contributed by atoms with E-state index in [1.807, 2.05) is 6.07 Å². The Bertz CT molecular complexity index is 653. The minimum Gasteiger partial charge on any atom is -0.448 e. The summed E-state index contributed by atoms with van der Waals surface area (Å²) in [7, 11) is 0. The van der Waals surface area contributed by atoms with Crippen molar-refractivity contribution in [3.8, 4) is 12.3 Å². The third-order valence-electron chi connectivity index (χ3n) is 3.27. The molecule has 3 rings (SSSR count). The zero-order valence-electron chi connectivity index (χ0n) is 11.0. The Kier molecular flexibility index (Phi) is 3.57. The standard InChI is InChI=1S/C15H15N3OS/c1-2-11-9-17-14(8-13(11)16)20-12-7-15(19-10-12)18-5-3-4-6-18/h1,7-10H,3-6H2,(H2,16,17). The zero-order chi connectivity index (χ0) is 13.9. The normalized spacial score (nSPS) is 14.4. The van der Waals surface area contributed by atoms with Crippen LogP contribution in [0.3, 0.4) is 0 Å². The Hall–Kier alpha value is -2.06. The number of anilines is 2. The van der Waals surface area contributed by atoms with E-state index in [0.717, 1.165) is 28.9 Å². The lowest BCUT2D eigenvalue weighted by Crippen LogP contribution is -2.16. The zero-order valence-corrected chi connectivity index (χ0v) is 11.8. The summed E-state index contributed by atoms with van der Waals surface area (Å²) in [4.78, 5) is 7.58. The molecule has 0 atom stereocenters. The van der Waals surface area contributed by atoms with Crippen LogP contribution >= 0.6 is 11.8 Å². The Labute approximate surface area is 122 Å². The molecule has 0 aliphatic carbocycles. The van der Waals surface area contributed by atoms with Gasteiger partial charge in [-0.3, -0.25) is 0 Å². The van der Waals surface area contributed by atoms with Crippen molar-refractivity contribution < 1.29 is 4.42 Å². The molecule has 4 nitrogen and oxygen atoms in total. The van der Waals surface area contributed by atoms with E-state index in [4.69, 9.17) is 16.6 Å². The van der Waals surface area contributed by atoms with Gasteiger partial charge in [0.15, 0.2) is 5.88 Å². The molecular formula is C15H15N3OS. The quantitative estimate of drug-likeness (QED) is 0.879. The summed E-state index contributed by atoms with van der Waals surface area (Å²) < 4.78 is 5.61. The fraction of sp³-hybridized carbons (Fsp3) is 0.267. The minimum absolute atomic E-state index is 0.577. The summed E-state index contributed by atoms with van der Waals surface area (Å²) in [6.45, 7) is 2.14. The van der Waals surface area contributed by atoms with Crippen LogP contribution in [-0.2, 0) is 0 Å². The van der Waals surface area contributed by atoms with Gasteiger partial charge in [0.2, 0.25) is 0 Å². The van der Waals surface area contributed by atoms with E-state index >= 15 is 0 Å². The van der Waals surface area contributed by atoms with Crippen molar-refractivity contribution in [1.82, 2.24) is 4.98 Å². The van der Waals surface area contributed by atoms with Crippen molar-refractivity contribution in [1.29, 1.82) is 0 Å². The van der Waals surface area contributed by atoms with Crippen molar-refractivity contribution in [2.75, 3.05) is 23.7 Å². The molecule has 2 aromatic rings. The van der Waals surface area contributed by atoms with E-state index in [0.29, 0.717) is 11.3 Å². The molecule has 0 radical (unpaired) electrons. The van der Waals surface area contributed by atoms with Crippen LogP contribution in [0.15, 0.2) is 38.9 Å². The molecule has 0 amide bonds. The highest BCUT2D eigenvalue weighted by atomic mass is 32.2. The number of nitrogen functional groups attached to an aromatic ring is 1. The predicted molar refractivity (Wildman–Crippen MR) is 80.9 cm³/mol. The highest BCUT2D eigenvalue weighted by Gasteiger charge is 2.16. The molecule has 2 N–H and O–H groups in total. The first kappa shape index (κ1) is 12.9. The number of aromatic nitrogens is 1. The van der Waals surface area contributed by atoms with E-state index in [1.165, 1.54) is 24.6 Å². The lowest BCUT2D eigenvalue weighted by atomic mass is 10.2. The van der Waals surface area contributed by atoms with E-state index in [1.54, 1.807) is 18.5 Å². The lowest BCUT2D eigenvalue weighted by Gasteiger charge is -2.12. The van der Waals surface area contributed by atoms with E-state index in [9.17, 15) is 0 Å². The van der Waals surface area contributed by atoms with Crippen molar-refractivity contribution in [3.63, 3.8) is 0 Å². The molecular weight excluding hydrogens is 270 g/mol. The number of furan rings is 1. The molecule has 0 spiro atoms. The summed E-state index contributed by atoms with van der Waals surface area (Å²) in [6.07, 6.45) is 11.2. The molecule has 1 saturated heterocycles. The lowest BCUT2D eigenvalue weighted by molar-refractivity contribution is 0.552. The number of rotatable bonds is 3. The van der Waals surface area contributed by atoms with Crippen molar-refractivity contribution in [3.05, 3.63) is 30.2 Å². The molecule has 0 bridgehead atoms. The maximum atomic E-state index is 5.86. The minimum atomic E-state index is 0.577. The molecule has 0 unspecified atom stereocenters. The van der Waals surface area contributed by atoms with Gasteiger partial charge in [-0.1, -0.05) is 17.7 Å². The van der Waals surface area contributed by atoms with Crippen LogP contribution in [0.1, 0.15) is 18.4 Å². The highest BCUT2D eigenvalue weighted by Crippen LogP contribution is 2.33. The molecule has 1 fully saturated rings. The van der Waals surface area contributed by atoms with E-state index in [-0.39, 0.29) is 0 Å². The largest absolute Gasteiger partial charge is 0.448 e. The Balaban J connectivity index is 1.74. The maximum absolute atomic E-state index is 5.86. The summed E-state index contributed by atoms with van der Waals surface area (Å²) in [5, 5.41) is 0.815. The second kappa shape index (κ2) is 5.51. The van der Waals surface area contributed by atoms with E-state index < -0.39 is 0 Å². The number of hydrogen-bond donors (Lipinski definition) is 1. The molecule has 5 heteroatoms. The van der Waals surface area contributed by atoms with E-state index in [2.05, 4.69) is 15.8 Å². The molecule has 20 heavy (non-hydrogen) atoms. The fourth-order valence-electron chi connectivity index (χ4n) is 2.21. The predicted octanol–water partition coefficient (Wildman–Crippen LogP) is 2.99. The van der Waals surface area contributed by atoms with Gasteiger partial charge in [-0.05, 0) is 18.9 Å². The Morgan fingerprint density at radius 3 is 2.85 bits per heavy atom. The van der Waals surface area contributed by atoms with Crippen LogP contribution in [0.4, 0.5) is 11.6 Å². The number of nitrogens with two attached hydrogens (primary N) is 1. The first-order valence-corrected chi connectivity index (χ1v) is 7.31. The summed E-state index contributed by atoms with van der Waals surface area (Å²) >= 11 is 1.52. The molecule has 1 aliphatic heterocycles. The third kappa shape index (κ3) is 2.61. The van der Waals surface area contributed by atoms with Gasteiger partial charge < -0.3 is 15.1 Å². The Morgan fingerprint density at radius 1 is 1.35 bits per heavy atom. The molecule has 102 valence electrons. The molecule has 1 aliphatic rings. The molecule has 0 aromatic carbocycles. The SMILES string of the molecule is C#Cc1cnc(Sc2coc(N3CCCC3)c2)cc1N. The third-order valence-corrected chi connectivity index (χ3v) is 4.15. The van der Waals surface area contributed by atoms with Crippen molar-refractivity contribution in [2.24, 2.45) is 0 Å². The van der Waals surface area contributed by atoms with Crippen LogP contribution in [0, 0.1) is 12.3 Å². The van der Waals surface area contributed by atoms with Crippen LogP contribution in [0.5, 0.6) is 0 Å². The number of hydrogen-bond acceptors (Lipinski definition) is 5. The molecule has 0 saturated carbocycles. The monoisotopic (exact) mass is 285 g/mol. The van der Waals surface area contributed by atoms with Gasteiger partial charge in [0.25, 0.3) is 0 Å². The van der Waals surface area contributed by atoms with Gasteiger partial charge in [-0.15, -0.1) is 6.42 Å². The number of pyridine rings is 1. The van der Waals surface area contributed by atoms with Crippen molar-refractivity contribution >= 4 is 23.3 Å². The number of nitrogens with zero attached hydrogens (tertiary/aromatic N) is 2. The van der Waals surface area contributed by atoms with Gasteiger partial charge in [-0.2, -0.15) is 0 Å². The second-order valence-corrected chi connectivity index (χ2v) is 5.76. The van der Waals surface area contributed by atoms with Crippen molar-refractivity contribution in [2.45, 2.75) is 22.8 Å². The van der Waals surface area contributed by atoms with Crippen LogP contribution in [0.25, 0.3) is 0 Å². The fourth-order valence-corrected chi connectivity index (χ4v) is 3.00. The first-order chi connectivity index (χ1) is 9.76. The summed E-state index contributed by atoms with van der Waals surface area (Å²) in [5.74, 6) is 3.43. The number of terminal acetylenes is 1. The summed E-state index contributed by atoms with van der Waals surface area (Å²) in [6, 6.07) is 3.84. The molecule has 3 heterocycles.